The normalized spacial score (nSPS) is 22.7. The summed E-state index contributed by atoms with van der Waals surface area (Å²) in [6, 6.07) is 17.1. The molecule has 2 aromatic carbocycles. The number of hydrogen-bond donors (Lipinski definition) is 1. The van der Waals surface area contributed by atoms with E-state index in [1.54, 1.807) is 0 Å². The average Bonchev–Trinajstić information content (AvgIpc) is 2.83. The van der Waals surface area contributed by atoms with Crippen molar-refractivity contribution in [2.75, 3.05) is 10.6 Å². The number of hydrogen-bond acceptors (Lipinski definition) is 2. The van der Waals surface area contributed by atoms with Crippen LogP contribution in [0.25, 0.3) is 0 Å². The predicted molar refractivity (Wildman–Crippen MR) is 84.2 cm³/mol. The van der Waals surface area contributed by atoms with Crippen LogP contribution in [0.4, 0.5) is 17.1 Å². The largest absolute Gasteiger partial charge is 0.399 e. The zero-order valence-electron chi connectivity index (χ0n) is 11.1. The first kappa shape index (κ1) is 11.4. The van der Waals surface area contributed by atoms with Crippen molar-refractivity contribution >= 4 is 17.1 Å². The maximum atomic E-state index is 5.81. The molecular formula is C18H16N2. The van der Waals surface area contributed by atoms with E-state index in [4.69, 9.17) is 5.73 Å². The third-order valence-electron chi connectivity index (χ3n) is 4.13. The Kier molecular flexibility index (Phi) is 2.43. The minimum absolute atomic E-state index is 0.362. The standard InChI is InChI=1S/C18H16N2/c19-13-9-11-14(12-10-13)20-17-7-3-1-5-15(17)16-6-2-4-8-18(16)20/h1-12,15,17H,19H2. The summed E-state index contributed by atoms with van der Waals surface area (Å²) in [7, 11) is 0. The van der Waals surface area contributed by atoms with Gasteiger partial charge in [-0.1, -0.05) is 42.5 Å². The Morgan fingerprint density at radius 2 is 1.60 bits per heavy atom. The second kappa shape index (κ2) is 4.27. The summed E-state index contributed by atoms with van der Waals surface area (Å²) in [5.41, 5.74) is 10.5. The van der Waals surface area contributed by atoms with Gasteiger partial charge in [-0.3, -0.25) is 0 Å². The van der Waals surface area contributed by atoms with Crippen molar-refractivity contribution in [3.8, 4) is 0 Å². The molecule has 20 heavy (non-hydrogen) atoms. The van der Waals surface area contributed by atoms with Crippen LogP contribution in [-0.4, -0.2) is 6.04 Å². The fourth-order valence-electron chi connectivity index (χ4n) is 3.23. The Hall–Kier alpha value is -2.48. The highest BCUT2D eigenvalue weighted by atomic mass is 15.2. The number of rotatable bonds is 1. The molecule has 0 aromatic heterocycles. The smallest absolute Gasteiger partial charge is 0.0629 e. The van der Waals surface area contributed by atoms with E-state index in [1.807, 2.05) is 12.1 Å². The van der Waals surface area contributed by atoms with Crippen LogP contribution in [0.1, 0.15) is 11.5 Å². The van der Waals surface area contributed by atoms with E-state index in [0.29, 0.717) is 12.0 Å². The van der Waals surface area contributed by atoms with Gasteiger partial charge in [-0.15, -0.1) is 0 Å². The molecule has 0 amide bonds. The van der Waals surface area contributed by atoms with Crippen molar-refractivity contribution in [3.05, 3.63) is 78.4 Å². The van der Waals surface area contributed by atoms with Crippen LogP contribution in [0.3, 0.4) is 0 Å². The van der Waals surface area contributed by atoms with Gasteiger partial charge in [0.05, 0.1) is 6.04 Å². The molecule has 0 fully saturated rings. The quantitative estimate of drug-likeness (QED) is 0.785. The SMILES string of the molecule is Nc1ccc(N2c3ccccc3C3C=CC=CC32)cc1. The second-order valence-electron chi connectivity index (χ2n) is 5.31. The van der Waals surface area contributed by atoms with Gasteiger partial charge < -0.3 is 10.6 Å². The molecule has 2 atom stereocenters. The van der Waals surface area contributed by atoms with Crippen LogP contribution in [0.2, 0.25) is 0 Å². The second-order valence-corrected chi connectivity index (χ2v) is 5.31. The zero-order chi connectivity index (χ0) is 13.5. The number of allylic oxidation sites excluding steroid dienone is 2. The number of fused-ring (bicyclic) bond motifs is 3. The third-order valence-corrected chi connectivity index (χ3v) is 4.13. The van der Waals surface area contributed by atoms with Crippen LogP contribution in [0.5, 0.6) is 0 Å². The van der Waals surface area contributed by atoms with Crippen molar-refractivity contribution in [3.63, 3.8) is 0 Å². The molecule has 0 saturated carbocycles. The lowest BCUT2D eigenvalue weighted by molar-refractivity contribution is 0.745. The lowest BCUT2D eigenvalue weighted by atomic mass is 9.91. The van der Waals surface area contributed by atoms with Crippen molar-refractivity contribution in [2.45, 2.75) is 12.0 Å². The highest BCUT2D eigenvalue weighted by molar-refractivity contribution is 5.75. The Bertz CT molecular complexity index is 698. The summed E-state index contributed by atoms with van der Waals surface area (Å²) in [4.78, 5) is 2.40. The van der Waals surface area contributed by atoms with Gasteiger partial charge in [0.2, 0.25) is 0 Å². The molecule has 0 bridgehead atoms. The van der Waals surface area contributed by atoms with Crippen molar-refractivity contribution < 1.29 is 0 Å². The molecule has 2 heteroatoms. The topological polar surface area (TPSA) is 29.3 Å². The molecule has 2 aromatic rings. The van der Waals surface area contributed by atoms with Crippen LogP contribution >= 0.6 is 0 Å². The average molecular weight is 260 g/mol. The molecule has 2 unspecified atom stereocenters. The first-order chi connectivity index (χ1) is 9.84. The van der Waals surface area contributed by atoms with E-state index in [1.165, 1.54) is 16.9 Å². The summed E-state index contributed by atoms with van der Waals surface area (Å²) < 4.78 is 0. The molecule has 0 spiro atoms. The fourth-order valence-corrected chi connectivity index (χ4v) is 3.23. The predicted octanol–water partition coefficient (Wildman–Crippen LogP) is 4.00. The molecule has 1 heterocycles. The molecule has 2 N–H and O–H groups in total. The lowest BCUT2D eigenvalue weighted by Gasteiger charge is -2.28. The lowest BCUT2D eigenvalue weighted by Crippen LogP contribution is -2.28. The van der Waals surface area contributed by atoms with Gasteiger partial charge in [0.25, 0.3) is 0 Å². The number of anilines is 3. The number of benzene rings is 2. The van der Waals surface area contributed by atoms with E-state index in [9.17, 15) is 0 Å². The van der Waals surface area contributed by atoms with E-state index < -0.39 is 0 Å². The van der Waals surface area contributed by atoms with Crippen LogP contribution in [0, 0.1) is 0 Å². The molecule has 2 nitrogen and oxygen atoms in total. The minimum Gasteiger partial charge on any atom is -0.399 e. The van der Waals surface area contributed by atoms with Gasteiger partial charge in [0.1, 0.15) is 0 Å². The molecule has 0 radical (unpaired) electrons. The number of nitrogens with two attached hydrogens (primary N) is 1. The van der Waals surface area contributed by atoms with Gasteiger partial charge in [-0.2, -0.15) is 0 Å². The highest BCUT2D eigenvalue weighted by Crippen LogP contribution is 2.47. The Morgan fingerprint density at radius 1 is 0.850 bits per heavy atom. The van der Waals surface area contributed by atoms with Gasteiger partial charge in [-0.25, -0.2) is 0 Å². The summed E-state index contributed by atoms with van der Waals surface area (Å²) in [6.45, 7) is 0. The number of nitrogen functional groups attached to an aromatic ring is 1. The van der Waals surface area contributed by atoms with Crippen LogP contribution in [-0.2, 0) is 0 Å². The van der Waals surface area contributed by atoms with Gasteiger partial charge >= 0.3 is 0 Å². The van der Waals surface area contributed by atoms with E-state index in [0.717, 1.165) is 5.69 Å². The minimum atomic E-state index is 0.362. The zero-order valence-corrected chi connectivity index (χ0v) is 11.1. The van der Waals surface area contributed by atoms with Crippen molar-refractivity contribution in [1.82, 2.24) is 0 Å². The van der Waals surface area contributed by atoms with E-state index in [2.05, 4.69) is 65.6 Å². The molecule has 1 aliphatic heterocycles. The maximum absolute atomic E-state index is 5.81. The molecule has 98 valence electrons. The Balaban J connectivity index is 1.88. The summed E-state index contributed by atoms with van der Waals surface area (Å²) in [6.07, 6.45) is 8.85. The van der Waals surface area contributed by atoms with Gasteiger partial charge in [0, 0.05) is 23.0 Å². The Labute approximate surface area is 118 Å². The summed E-state index contributed by atoms with van der Waals surface area (Å²) in [5.74, 6) is 0.439. The summed E-state index contributed by atoms with van der Waals surface area (Å²) >= 11 is 0. The first-order valence-corrected chi connectivity index (χ1v) is 6.93. The van der Waals surface area contributed by atoms with Gasteiger partial charge in [0.15, 0.2) is 0 Å². The monoisotopic (exact) mass is 260 g/mol. The fraction of sp³-hybridized carbons (Fsp3) is 0.111. The van der Waals surface area contributed by atoms with Crippen molar-refractivity contribution in [2.24, 2.45) is 0 Å². The van der Waals surface area contributed by atoms with Crippen LogP contribution < -0.4 is 10.6 Å². The maximum Gasteiger partial charge on any atom is 0.0629 e. The number of nitrogens with zero attached hydrogens (tertiary/aromatic N) is 1. The summed E-state index contributed by atoms with van der Waals surface area (Å²) in [5, 5.41) is 0. The third kappa shape index (κ3) is 1.58. The van der Waals surface area contributed by atoms with E-state index >= 15 is 0 Å². The van der Waals surface area contributed by atoms with Gasteiger partial charge in [-0.05, 0) is 35.9 Å². The number of para-hydroxylation sites is 1. The molecule has 4 rings (SSSR count). The molecule has 0 saturated heterocycles. The van der Waals surface area contributed by atoms with E-state index in [-0.39, 0.29) is 0 Å². The van der Waals surface area contributed by atoms with Crippen molar-refractivity contribution in [1.29, 1.82) is 0 Å². The first-order valence-electron chi connectivity index (χ1n) is 6.93. The molecule has 2 aliphatic rings. The highest BCUT2D eigenvalue weighted by Gasteiger charge is 2.36. The molecular weight excluding hydrogens is 244 g/mol. The Morgan fingerprint density at radius 3 is 2.45 bits per heavy atom. The van der Waals surface area contributed by atoms with Crippen LogP contribution in [0.15, 0.2) is 72.8 Å². The molecule has 1 aliphatic carbocycles.